The summed E-state index contributed by atoms with van der Waals surface area (Å²) in [6.45, 7) is 5.51. The van der Waals surface area contributed by atoms with E-state index in [1.807, 2.05) is 0 Å². The van der Waals surface area contributed by atoms with Gasteiger partial charge in [-0.25, -0.2) is 0 Å². The second-order valence-corrected chi connectivity index (χ2v) is 3.56. The largest absolute Gasteiger partial charge is 0.375 e. The maximum atomic E-state index is 11.4. The third-order valence-corrected chi connectivity index (χ3v) is 1.87. The third-order valence-electron chi connectivity index (χ3n) is 1.87. The molecule has 0 aromatic heterocycles. The summed E-state index contributed by atoms with van der Waals surface area (Å²) in [6, 6.07) is 0. The first kappa shape index (κ1) is 15.0. The molecule has 5 heteroatoms. The molecule has 0 aliphatic rings. The van der Waals surface area contributed by atoms with Crippen LogP contribution in [0.25, 0.3) is 0 Å². The van der Waals surface area contributed by atoms with Gasteiger partial charge in [0.1, 0.15) is 6.29 Å². The number of nitrogens with one attached hydrogen (secondary N) is 2. The van der Waals surface area contributed by atoms with E-state index in [4.69, 9.17) is 0 Å². The highest BCUT2D eigenvalue weighted by molar-refractivity contribution is 5.79. The number of nitrogens with zero attached hydrogens (tertiary/aromatic N) is 1. The Morgan fingerprint density at radius 2 is 2.12 bits per heavy atom. The fourth-order valence-electron chi connectivity index (χ4n) is 0.931. The SMILES string of the molecule is C=C(NC)NC(=O)CN(C)/C=C\C=C(\C)C=O. The smallest absolute Gasteiger partial charge is 0.244 e. The molecule has 0 aromatic rings. The van der Waals surface area contributed by atoms with Gasteiger partial charge in [-0.1, -0.05) is 12.7 Å². The lowest BCUT2D eigenvalue weighted by atomic mass is 10.3. The van der Waals surface area contributed by atoms with Crippen LogP contribution in [0, 0.1) is 0 Å². The summed E-state index contributed by atoms with van der Waals surface area (Å²) in [5, 5.41) is 5.30. The lowest BCUT2D eigenvalue weighted by Gasteiger charge is -2.14. The number of likely N-dealkylation sites (N-methyl/N-ethyl adjacent to an activating group) is 1. The van der Waals surface area contributed by atoms with Crippen LogP contribution in [0.4, 0.5) is 0 Å². The van der Waals surface area contributed by atoms with E-state index >= 15 is 0 Å². The molecule has 0 spiro atoms. The van der Waals surface area contributed by atoms with Crippen molar-refractivity contribution in [3.63, 3.8) is 0 Å². The average molecular weight is 237 g/mol. The third kappa shape index (κ3) is 7.84. The average Bonchev–Trinajstić information content (AvgIpc) is 2.28. The molecule has 1 amide bonds. The topological polar surface area (TPSA) is 61.4 Å². The highest BCUT2D eigenvalue weighted by atomic mass is 16.2. The van der Waals surface area contributed by atoms with E-state index in [0.29, 0.717) is 11.4 Å². The molecule has 0 bridgehead atoms. The van der Waals surface area contributed by atoms with Gasteiger partial charge in [0.25, 0.3) is 0 Å². The van der Waals surface area contributed by atoms with Gasteiger partial charge in [-0.3, -0.25) is 9.59 Å². The summed E-state index contributed by atoms with van der Waals surface area (Å²) in [5.74, 6) is 0.302. The molecular weight excluding hydrogens is 218 g/mol. The van der Waals surface area contributed by atoms with Crippen LogP contribution in [0.1, 0.15) is 6.92 Å². The van der Waals surface area contributed by atoms with Gasteiger partial charge in [-0.15, -0.1) is 0 Å². The van der Waals surface area contributed by atoms with Crippen LogP contribution in [-0.4, -0.2) is 37.7 Å². The molecule has 0 rings (SSSR count). The minimum Gasteiger partial charge on any atom is -0.375 e. The van der Waals surface area contributed by atoms with Gasteiger partial charge in [0.15, 0.2) is 0 Å². The van der Waals surface area contributed by atoms with Gasteiger partial charge in [0, 0.05) is 14.1 Å². The first-order valence-electron chi connectivity index (χ1n) is 5.16. The Balaban J connectivity index is 4.09. The first-order chi connectivity index (χ1) is 7.99. The van der Waals surface area contributed by atoms with Gasteiger partial charge < -0.3 is 15.5 Å². The standard InChI is InChI=1S/C12H19N3O2/c1-10(9-16)6-5-7-15(4)8-12(17)14-11(2)13-3/h5-7,9,13H,2,8H2,1,3-4H3,(H,14,17)/b7-5-,10-6-. The monoisotopic (exact) mass is 237 g/mol. The van der Waals surface area contributed by atoms with Gasteiger partial charge in [0.05, 0.1) is 12.4 Å². The number of rotatable bonds is 7. The minimum atomic E-state index is -0.160. The van der Waals surface area contributed by atoms with Crippen LogP contribution in [0.3, 0.4) is 0 Å². The van der Waals surface area contributed by atoms with Gasteiger partial charge in [0.2, 0.25) is 5.91 Å². The maximum absolute atomic E-state index is 11.4. The van der Waals surface area contributed by atoms with Crippen molar-refractivity contribution >= 4 is 12.2 Å². The molecule has 0 aliphatic carbocycles. The fraction of sp³-hybridized carbons (Fsp3) is 0.333. The lowest BCUT2D eigenvalue weighted by molar-refractivity contribution is -0.120. The zero-order valence-electron chi connectivity index (χ0n) is 10.5. The Morgan fingerprint density at radius 3 is 2.65 bits per heavy atom. The van der Waals surface area contributed by atoms with Crippen molar-refractivity contribution in [1.29, 1.82) is 0 Å². The number of amides is 1. The van der Waals surface area contributed by atoms with Crippen LogP contribution in [0.5, 0.6) is 0 Å². The summed E-state index contributed by atoms with van der Waals surface area (Å²) in [7, 11) is 3.45. The van der Waals surface area contributed by atoms with Crippen LogP contribution in [0.2, 0.25) is 0 Å². The number of carbonyl (C=O) groups is 2. The number of aldehydes is 1. The van der Waals surface area contributed by atoms with Crippen molar-refractivity contribution in [2.75, 3.05) is 20.6 Å². The molecule has 17 heavy (non-hydrogen) atoms. The second kappa shape index (κ2) is 8.15. The Hall–Kier alpha value is -2.04. The summed E-state index contributed by atoms with van der Waals surface area (Å²) in [6.07, 6.45) is 5.88. The van der Waals surface area contributed by atoms with E-state index in [1.54, 1.807) is 44.3 Å². The van der Waals surface area contributed by atoms with Crippen molar-refractivity contribution in [2.24, 2.45) is 0 Å². The van der Waals surface area contributed by atoms with Crippen LogP contribution >= 0.6 is 0 Å². The molecule has 0 atom stereocenters. The molecule has 2 N–H and O–H groups in total. The molecule has 0 heterocycles. The number of hydrogen-bond donors (Lipinski definition) is 2. The van der Waals surface area contributed by atoms with E-state index in [1.165, 1.54) is 0 Å². The zero-order valence-corrected chi connectivity index (χ0v) is 10.5. The Morgan fingerprint density at radius 1 is 1.47 bits per heavy atom. The number of allylic oxidation sites excluding steroid dienone is 3. The fourth-order valence-corrected chi connectivity index (χ4v) is 0.931. The van der Waals surface area contributed by atoms with E-state index in [0.717, 1.165) is 6.29 Å². The zero-order chi connectivity index (χ0) is 13.3. The van der Waals surface area contributed by atoms with E-state index in [2.05, 4.69) is 17.2 Å². The van der Waals surface area contributed by atoms with E-state index < -0.39 is 0 Å². The first-order valence-corrected chi connectivity index (χ1v) is 5.16. The highest BCUT2D eigenvalue weighted by Crippen LogP contribution is 1.90. The molecule has 0 aliphatic heterocycles. The molecule has 0 saturated heterocycles. The predicted octanol–water partition coefficient (Wildman–Crippen LogP) is 0.384. The van der Waals surface area contributed by atoms with Crippen molar-refractivity contribution in [1.82, 2.24) is 15.5 Å². The van der Waals surface area contributed by atoms with Crippen molar-refractivity contribution in [3.8, 4) is 0 Å². The van der Waals surface area contributed by atoms with Crippen LogP contribution in [-0.2, 0) is 9.59 Å². The summed E-state index contributed by atoms with van der Waals surface area (Å²) in [5.41, 5.74) is 0.627. The Labute approximate surface area is 102 Å². The van der Waals surface area contributed by atoms with Crippen molar-refractivity contribution in [2.45, 2.75) is 6.92 Å². The highest BCUT2D eigenvalue weighted by Gasteiger charge is 2.03. The van der Waals surface area contributed by atoms with Crippen LogP contribution in [0.15, 0.2) is 36.3 Å². The maximum Gasteiger partial charge on any atom is 0.244 e. The molecule has 0 radical (unpaired) electrons. The minimum absolute atomic E-state index is 0.160. The second-order valence-electron chi connectivity index (χ2n) is 3.56. The quantitative estimate of drug-likeness (QED) is 0.382. The van der Waals surface area contributed by atoms with Gasteiger partial charge in [-0.05, 0) is 24.8 Å². The number of carbonyl (C=O) groups excluding carboxylic acids is 2. The number of hydrogen-bond acceptors (Lipinski definition) is 4. The Bertz CT molecular complexity index is 346. The molecule has 94 valence electrons. The van der Waals surface area contributed by atoms with Gasteiger partial charge in [-0.2, -0.15) is 0 Å². The van der Waals surface area contributed by atoms with E-state index in [-0.39, 0.29) is 12.5 Å². The van der Waals surface area contributed by atoms with E-state index in [9.17, 15) is 9.59 Å². The molecule has 0 saturated carbocycles. The summed E-state index contributed by atoms with van der Waals surface area (Å²) >= 11 is 0. The molecule has 0 unspecified atom stereocenters. The Kier molecular flexibility index (Phi) is 7.17. The lowest BCUT2D eigenvalue weighted by Crippen LogP contribution is -2.35. The molecule has 0 aromatic carbocycles. The summed E-state index contributed by atoms with van der Waals surface area (Å²) < 4.78 is 0. The normalized spacial score (nSPS) is 11.1. The predicted molar refractivity (Wildman–Crippen MR) is 67.9 cm³/mol. The van der Waals surface area contributed by atoms with Gasteiger partial charge >= 0.3 is 0 Å². The van der Waals surface area contributed by atoms with Crippen LogP contribution < -0.4 is 10.6 Å². The molecule has 5 nitrogen and oxygen atoms in total. The molecule has 0 fully saturated rings. The summed E-state index contributed by atoms with van der Waals surface area (Å²) in [4.78, 5) is 23.4. The van der Waals surface area contributed by atoms with Crippen molar-refractivity contribution < 1.29 is 9.59 Å². The molecular formula is C12H19N3O2. The van der Waals surface area contributed by atoms with Crippen molar-refractivity contribution in [3.05, 3.63) is 36.3 Å².